The first-order valence-electron chi connectivity index (χ1n) is 14.7. The summed E-state index contributed by atoms with van der Waals surface area (Å²) in [7, 11) is -9.64. The number of hydrazone groups is 1. The molecule has 3 aromatic rings. The van der Waals surface area contributed by atoms with E-state index in [0.29, 0.717) is 30.9 Å². The monoisotopic (exact) mass is 737 g/mol. The van der Waals surface area contributed by atoms with Crippen LogP contribution in [-0.4, -0.2) is 88.3 Å². The summed E-state index contributed by atoms with van der Waals surface area (Å²) in [5, 5.41) is 43.0. The van der Waals surface area contributed by atoms with Crippen molar-refractivity contribution in [3.63, 3.8) is 0 Å². The van der Waals surface area contributed by atoms with Gasteiger partial charge in [-0.2, -0.15) is 15.2 Å². The lowest BCUT2D eigenvalue weighted by atomic mass is 10.1. The van der Waals surface area contributed by atoms with Gasteiger partial charge in [0.2, 0.25) is 5.88 Å². The number of benzene rings is 2. The largest absolute Gasteiger partial charge is 0.744 e. The van der Waals surface area contributed by atoms with Crippen LogP contribution in [0.25, 0.3) is 11.8 Å². The fraction of sp³-hybridized carbons (Fsp3) is 0.161. The highest BCUT2D eigenvalue weighted by Gasteiger charge is 2.32. The molecule has 2 aliphatic heterocycles. The third-order valence-corrected chi connectivity index (χ3v) is 9.35. The van der Waals surface area contributed by atoms with E-state index in [9.17, 15) is 60.4 Å². The van der Waals surface area contributed by atoms with E-state index in [1.54, 1.807) is 0 Å². The normalized spacial score (nSPS) is 16.6. The van der Waals surface area contributed by atoms with E-state index in [1.165, 1.54) is 4.90 Å². The Labute approximate surface area is 289 Å². The number of piperidine rings is 1. The molecule has 0 spiro atoms. The molecule has 1 N–H and O–H groups in total. The molecule has 20 heteroatoms. The summed E-state index contributed by atoms with van der Waals surface area (Å²) in [6.45, 7) is 0.688. The molecule has 2 aromatic carbocycles. The van der Waals surface area contributed by atoms with Gasteiger partial charge in [-0.05, 0) is 92.1 Å². The molecule has 5 rings (SSSR count). The number of aliphatic carboxylic acids is 1. The van der Waals surface area contributed by atoms with Crippen molar-refractivity contribution in [2.45, 2.75) is 29.1 Å². The Kier molecular flexibility index (Phi) is 10.0. The molecule has 2 aliphatic rings. The van der Waals surface area contributed by atoms with Crippen molar-refractivity contribution in [2.75, 3.05) is 18.1 Å². The number of carboxylic acid groups (broad SMARTS) is 2. The molecule has 3 heterocycles. The number of likely N-dealkylation sites (tertiary alicyclic amines) is 1. The van der Waals surface area contributed by atoms with Crippen molar-refractivity contribution in [1.82, 2.24) is 14.7 Å². The van der Waals surface area contributed by atoms with E-state index < -0.39 is 82.2 Å². The van der Waals surface area contributed by atoms with Gasteiger partial charge in [-0.3, -0.25) is 9.59 Å². The molecule has 0 radical (unpaired) electrons. The number of carbonyl (C=O) groups is 4. The van der Waals surface area contributed by atoms with Crippen LogP contribution in [0.2, 0.25) is 0 Å². The first-order chi connectivity index (χ1) is 24.0. The molecular weight excluding hydrogens is 714 g/mol. The van der Waals surface area contributed by atoms with Gasteiger partial charge in [0.1, 0.15) is 31.6 Å². The number of aromatic nitrogens is 2. The van der Waals surface area contributed by atoms with E-state index in [1.807, 2.05) is 0 Å². The summed E-state index contributed by atoms with van der Waals surface area (Å²) in [6, 6.07) is 7.89. The molecule has 2 amide bonds. The third-order valence-electron chi connectivity index (χ3n) is 7.65. The number of aromatic carboxylic acids is 1. The lowest BCUT2D eigenvalue weighted by molar-refractivity contribution is -0.294. The van der Waals surface area contributed by atoms with E-state index in [-0.39, 0.29) is 16.9 Å². The van der Waals surface area contributed by atoms with Crippen molar-refractivity contribution >= 4 is 61.5 Å². The zero-order valence-corrected chi connectivity index (χ0v) is 27.5. The Bertz CT molecular complexity index is 2280. The van der Waals surface area contributed by atoms with Crippen molar-refractivity contribution in [2.24, 2.45) is 5.10 Å². The molecule has 0 unspecified atom stereocenters. The van der Waals surface area contributed by atoms with Crippen molar-refractivity contribution in [3.05, 3.63) is 89.2 Å². The van der Waals surface area contributed by atoms with Gasteiger partial charge in [0.05, 0.1) is 44.2 Å². The number of anilines is 1. The third kappa shape index (κ3) is 7.78. The number of aromatic hydroxyl groups is 1. The Balaban J connectivity index is 1.55. The van der Waals surface area contributed by atoms with Gasteiger partial charge in [0.15, 0.2) is 0 Å². The SMILES string of the molecule is O=C([O-])C1=NN(c2ccc(S(=O)(=O)[O-])cc2)C(=O)\C1=C/C=C(\C=C\c1c(C(=O)[O-])nn(-c2ccc(S(=O)(=O)[O-])cc2)c1O)C(=O)N1CCCCC1. The Morgan fingerprint density at radius 1 is 0.804 bits per heavy atom. The van der Waals surface area contributed by atoms with Gasteiger partial charge in [0.25, 0.3) is 11.8 Å². The first kappa shape index (κ1) is 36.3. The maximum absolute atomic E-state index is 13.6. The second-order valence-electron chi connectivity index (χ2n) is 10.9. The molecule has 266 valence electrons. The van der Waals surface area contributed by atoms with E-state index >= 15 is 0 Å². The van der Waals surface area contributed by atoms with Crippen LogP contribution in [0.15, 0.2) is 92.8 Å². The van der Waals surface area contributed by atoms with Gasteiger partial charge >= 0.3 is 0 Å². The zero-order chi connectivity index (χ0) is 37.2. The molecule has 1 saturated heterocycles. The van der Waals surface area contributed by atoms with Gasteiger partial charge in [-0.15, -0.1) is 0 Å². The number of carbonyl (C=O) groups excluding carboxylic acids is 4. The molecule has 1 aromatic heterocycles. The minimum absolute atomic E-state index is 0.0466. The fourth-order valence-electron chi connectivity index (χ4n) is 5.13. The quantitative estimate of drug-likeness (QED) is 0.145. The van der Waals surface area contributed by atoms with E-state index in [4.69, 9.17) is 0 Å². The zero-order valence-electron chi connectivity index (χ0n) is 25.9. The van der Waals surface area contributed by atoms with Gasteiger partial charge in [0, 0.05) is 18.7 Å². The van der Waals surface area contributed by atoms with Crippen LogP contribution in [-0.2, 0) is 34.6 Å². The first-order valence-corrected chi connectivity index (χ1v) is 17.5. The Morgan fingerprint density at radius 3 is 1.86 bits per heavy atom. The maximum atomic E-state index is 13.6. The lowest BCUT2D eigenvalue weighted by Gasteiger charge is -2.27. The average molecular weight is 738 g/mol. The summed E-state index contributed by atoms with van der Waals surface area (Å²) < 4.78 is 68.4. The molecule has 0 aliphatic carbocycles. The van der Waals surface area contributed by atoms with Crippen LogP contribution >= 0.6 is 0 Å². The average Bonchev–Trinajstić information content (AvgIpc) is 3.60. The van der Waals surface area contributed by atoms with Gasteiger partial charge in [-0.25, -0.2) is 21.5 Å². The van der Waals surface area contributed by atoms with Crippen molar-refractivity contribution in [1.29, 1.82) is 0 Å². The molecule has 0 bridgehead atoms. The van der Waals surface area contributed by atoms with Crippen LogP contribution in [0.4, 0.5) is 5.69 Å². The highest BCUT2D eigenvalue weighted by atomic mass is 32.2. The summed E-state index contributed by atoms with van der Waals surface area (Å²) in [6.07, 6.45) is 6.31. The molecule has 0 atom stereocenters. The van der Waals surface area contributed by atoms with E-state index in [0.717, 1.165) is 83.9 Å². The predicted octanol–water partition coefficient (Wildman–Crippen LogP) is -1.22. The predicted molar refractivity (Wildman–Crippen MR) is 167 cm³/mol. The van der Waals surface area contributed by atoms with Crippen molar-refractivity contribution < 1.29 is 60.4 Å². The van der Waals surface area contributed by atoms with Crippen LogP contribution in [0.1, 0.15) is 35.3 Å². The lowest BCUT2D eigenvalue weighted by Crippen LogP contribution is -2.36. The van der Waals surface area contributed by atoms with Crippen LogP contribution in [0.5, 0.6) is 5.88 Å². The Morgan fingerprint density at radius 2 is 1.35 bits per heavy atom. The summed E-state index contributed by atoms with van der Waals surface area (Å²) in [5.74, 6) is -6.13. The summed E-state index contributed by atoms with van der Waals surface area (Å²) in [5.41, 5.74) is -3.01. The Hall–Kier alpha value is -5.96. The minimum atomic E-state index is -4.82. The number of allylic oxidation sites excluding steroid dienone is 2. The van der Waals surface area contributed by atoms with Crippen LogP contribution in [0, 0.1) is 0 Å². The molecule has 18 nitrogen and oxygen atoms in total. The molecule has 0 saturated carbocycles. The molecular formula is C31H23N5O13S2-4. The van der Waals surface area contributed by atoms with Gasteiger partial charge in [-0.1, -0.05) is 0 Å². The fourth-order valence-corrected chi connectivity index (χ4v) is 6.07. The summed E-state index contributed by atoms with van der Waals surface area (Å²) in [4.78, 5) is 51.1. The van der Waals surface area contributed by atoms with Crippen LogP contribution < -0.4 is 15.2 Å². The van der Waals surface area contributed by atoms with E-state index in [2.05, 4.69) is 10.2 Å². The number of carboxylic acids is 2. The van der Waals surface area contributed by atoms with Crippen LogP contribution in [0.3, 0.4) is 0 Å². The highest BCUT2D eigenvalue weighted by molar-refractivity contribution is 7.86. The number of nitrogens with zero attached hydrogens (tertiary/aromatic N) is 5. The second-order valence-corrected chi connectivity index (χ2v) is 13.7. The molecule has 1 fully saturated rings. The topological polar surface area (TPSA) is 286 Å². The number of hydrogen-bond donors (Lipinski definition) is 1. The maximum Gasteiger partial charge on any atom is 0.281 e. The van der Waals surface area contributed by atoms with Gasteiger partial charge < -0.3 is 38.9 Å². The molecule has 51 heavy (non-hydrogen) atoms. The highest BCUT2D eigenvalue weighted by Crippen LogP contribution is 2.29. The second kappa shape index (κ2) is 14.1. The minimum Gasteiger partial charge on any atom is -0.744 e. The number of rotatable bonds is 10. The summed E-state index contributed by atoms with van der Waals surface area (Å²) >= 11 is 0. The number of hydrogen-bond acceptors (Lipinski definition) is 15. The number of amides is 2. The standard InChI is InChI=1S/C31H27N5O13S2/c37-27(34-16-2-1-3-17-34)18(4-14-23-25(30(40)41)32-35(28(23)38)19-6-10-21(11-7-19)50(44,45)46)5-15-24-26(31(42)43)33-36(29(24)39)20-8-12-22(13-9-20)51(47,48)49/h4-15,38H,1-3,16-17H2,(H,40,41)(H,42,43)(H,44,45,46)(H,47,48,49)/p-4/b14-4+,18-5+,24-15-. The smallest absolute Gasteiger partial charge is 0.281 e. The van der Waals surface area contributed by atoms with Crippen molar-refractivity contribution in [3.8, 4) is 11.6 Å².